The van der Waals surface area contributed by atoms with Crippen LogP contribution < -0.4 is 5.63 Å². The summed E-state index contributed by atoms with van der Waals surface area (Å²) in [5.41, 5.74) is 5.70. The molecule has 0 aliphatic heterocycles. The van der Waals surface area contributed by atoms with Crippen molar-refractivity contribution < 1.29 is 13.9 Å². The van der Waals surface area contributed by atoms with Crippen LogP contribution in [0.25, 0.3) is 11.0 Å². The Hall–Kier alpha value is -2.53. The van der Waals surface area contributed by atoms with Gasteiger partial charge in [-0.3, -0.25) is 4.79 Å². The van der Waals surface area contributed by atoms with Crippen LogP contribution in [-0.2, 0) is 29.0 Å². The lowest BCUT2D eigenvalue weighted by Crippen LogP contribution is -2.09. The number of ether oxygens (including phenoxy) is 1. The zero-order valence-electron chi connectivity index (χ0n) is 16.0. The number of esters is 1. The SMILES string of the molecule is Cc1ccc(C)c(SCC(=O)OCc2cc(=O)oc3cc4c(cc23)CCC4)c1. The summed E-state index contributed by atoms with van der Waals surface area (Å²) in [5.74, 6) is -0.0625. The second kappa shape index (κ2) is 7.84. The van der Waals surface area contributed by atoms with Crippen molar-refractivity contribution in [1.29, 1.82) is 0 Å². The zero-order chi connectivity index (χ0) is 19.7. The van der Waals surface area contributed by atoms with Gasteiger partial charge in [0.25, 0.3) is 0 Å². The Labute approximate surface area is 167 Å². The third-order valence-corrected chi connectivity index (χ3v) is 6.25. The Morgan fingerprint density at radius 3 is 2.71 bits per heavy atom. The largest absolute Gasteiger partial charge is 0.460 e. The molecule has 1 aliphatic carbocycles. The van der Waals surface area contributed by atoms with E-state index in [1.165, 1.54) is 29.0 Å². The van der Waals surface area contributed by atoms with E-state index >= 15 is 0 Å². The standard InChI is InChI=1S/C23H22O4S/c1-14-6-7-15(2)21(8-14)28-13-23(25)26-12-18-11-22(24)27-20-10-17-5-3-4-16(17)9-19(18)20/h6-11H,3-5,12-13H2,1-2H3. The Bertz CT molecular complexity index is 1110. The average Bonchev–Trinajstić information content (AvgIpc) is 3.12. The molecule has 4 nitrogen and oxygen atoms in total. The molecular weight excluding hydrogens is 372 g/mol. The smallest absolute Gasteiger partial charge is 0.336 e. The number of aryl methyl sites for hydroxylation is 4. The van der Waals surface area contributed by atoms with Crippen LogP contribution in [0.2, 0.25) is 0 Å². The van der Waals surface area contributed by atoms with Gasteiger partial charge >= 0.3 is 11.6 Å². The van der Waals surface area contributed by atoms with E-state index in [2.05, 4.69) is 24.3 Å². The number of carbonyl (C=O) groups is 1. The number of hydrogen-bond acceptors (Lipinski definition) is 5. The molecule has 0 saturated heterocycles. The Balaban J connectivity index is 1.47. The Morgan fingerprint density at radius 1 is 1.11 bits per heavy atom. The van der Waals surface area contributed by atoms with Crippen molar-refractivity contribution in [2.45, 2.75) is 44.6 Å². The molecular formula is C23H22O4S. The molecule has 1 aliphatic rings. The van der Waals surface area contributed by atoms with Crippen LogP contribution in [0.5, 0.6) is 0 Å². The third-order valence-electron chi connectivity index (χ3n) is 5.12. The number of carbonyl (C=O) groups excluding carboxylic acids is 1. The second-order valence-corrected chi connectivity index (χ2v) is 8.30. The van der Waals surface area contributed by atoms with Crippen molar-refractivity contribution in [3.8, 4) is 0 Å². The van der Waals surface area contributed by atoms with Crippen LogP contribution in [0.4, 0.5) is 0 Å². The maximum atomic E-state index is 12.2. The topological polar surface area (TPSA) is 56.5 Å². The predicted octanol–water partition coefficient (Wildman–Crippen LogP) is 4.73. The second-order valence-electron chi connectivity index (χ2n) is 7.28. The van der Waals surface area contributed by atoms with Gasteiger partial charge in [0.05, 0.1) is 5.75 Å². The highest BCUT2D eigenvalue weighted by atomic mass is 32.2. The summed E-state index contributed by atoms with van der Waals surface area (Å²) >= 11 is 1.47. The normalized spacial score (nSPS) is 12.9. The highest BCUT2D eigenvalue weighted by Crippen LogP contribution is 2.29. The van der Waals surface area contributed by atoms with Crippen molar-refractivity contribution in [3.63, 3.8) is 0 Å². The minimum Gasteiger partial charge on any atom is -0.460 e. The van der Waals surface area contributed by atoms with Crippen molar-refractivity contribution in [2.24, 2.45) is 0 Å². The monoisotopic (exact) mass is 394 g/mol. The Morgan fingerprint density at radius 2 is 1.89 bits per heavy atom. The molecule has 2 aromatic carbocycles. The van der Waals surface area contributed by atoms with Gasteiger partial charge in [0.2, 0.25) is 0 Å². The molecule has 4 rings (SSSR count). The molecule has 0 spiro atoms. The number of benzene rings is 2. The average molecular weight is 394 g/mol. The molecule has 0 fully saturated rings. The molecule has 0 unspecified atom stereocenters. The van der Waals surface area contributed by atoms with Crippen LogP contribution >= 0.6 is 11.8 Å². The molecule has 0 saturated carbocycles. The number of rotatable bonds is 5. The highest BCUT2D eigenvalue weighted by molar-refractivity contribution is 8.00. The lowest BCUT2D eigenvalue weighted by Gasteiger charge is -2.10. The van der Waals surface area contributed by atoms with Crippen LogP contribution in [0, 0.1) is 13.8 Å². The molecule has 0 atom stereocenters. The fourth-order valence-electron chi connectivity index (χ4n) is 3.61. The summed E-state index contributed by atoms with van der Waals surface area (Å²) < 4.78 is 10.8. The first-order valence-electron chi connectivity index (χ1n) is 9.44. The minimum absolute atomic E-state index is 0.0765. The number of thioether (sulfide) groups is 1. The first-order valence-corrected chi connectivity index (χ1v) is 10.4. The van der Waals surface area contributed by atoms with Gasteiger partial charge in [-0.1, -0.05) is 17.7 Å². The summed E-state index contributed by atoms with van der Waals surface area (Å²) in [7, 11) is 0. The first-order chi connectivity index (χ1) is 13.5. The third kappa shape index (κ3) is 3.99. The highest BCUT2D eigenvalue weighted by Gasteiger charge is 2.16. The molecule has 144 valence electrons. The number of hydrogen-bond donors (Lipinski definition) is 0. The molecule has 5 heteroatoms. The Kier molecular flexibility index (Phi) is 5.27. The van der Waals surface area contributed by atoms with E-state index in [1.54, 1.807) is 0 Å². The summed E-state index contributed by atoms with van der Waals surface area (Å²) in [6.07, 6.45) is 3.18. The van der Waals surface area contributed by atoms with Gasteiger partial charge in [0.1, 0.15) is 12.2 Å². The lowest BCUT2D eigenvalue weighted by atomic mass is 10.0. The quantitative estimate of drug-likeness (QED) is 0.356. The zero-order valence-corrected chi connectivity index (χ0v) is 16.9. The molecule has 0 radical (unpaired) electrons. The maximum Gasteiger partial charge on any atom is 0.336 e. The van der Waals surface area contributed by atoms with Crippen LogP contribution in [-0.4, -0.2) is 11.7 Å². The van der Waals surface area contributed by atoms with Gasteiger partial charge in [-0.05, 0) is 68.0 Å². The molecule has 3 aromatic rings. The summed E-state index contributed by atoms with van der Waals surface area (Å²) in [4.78, 5) is 25.2. The van der Waals surface area contributed by atoms with E-state index in [1.807, 2.05) is 19.9 Å². The lowest BCUT2D eigenvalue weighted by molar-refractivity contribution is -0.141. The van der Waals surface area contributed by atoms with Crippen molar-refractivity contribution >= 4 is 28.7 Å². The van der Waals surface area contributed by atoms with E-state index in [9.17, 15) is 9.59 Å². The van der Waals surface area contributed by atoms with Crippen molar-refractivity contribution in [1.82, 2.24) is 0 Å². The predicted molar refractivity (Wildman–Crippen MR) is 111 cm³/mol. The van der Waals surface area contributed by atoms with E-state index in [-0.39, 0.29) is 18.3 Å². The van der Waals surface area contributed by atoms with Gasteiger partial charge in [-0.25, -0.2) is 4.79 Å². The van der Waals surface area contributed by atoms with Gasteiger partial charge in [-0.15, -0.1) is 11.8 Å². The van der Waals surface area contributed by atoms with Gasteiger partial charge < -0.3 is 9.15 Å². The van der Waals surface area contributed by atoms with Gasteiger partial charge in [0, 0.05) is 21.9 Å². The minimum atomic E-state index is -0.416. The maximum absolute atomic E-state index is 12.2. The summed E-state index contributed by atoms with van der Waals surface area (Å²) in [5, 5.41) is 0.857. The first kappa shape index (κ1) is 18.8. The van der Waals surface area contributed by atoms with E-state index in [0.29, 0.717) is 11.1 Å². The fourth-order valence-corrected chi connectivity index (χ4v) is 4.54. The molecule has 0 amide bonds. The van der Waals surface area contributed by atoms with Crippen LogP contribution in [0.15, 0.2) is 50.5 Å². The molecule has 0 N–H and O–H groups in total. The van der Waals surface area contributed by atoms with E-state index < -0.39 is 5.63 Å². The molecule has 1 heterocycles. The van der Waals surface area contributed by atoms with Crippen LogP contribution in [0.3, 0.4) is 0 Å². The fraction of sp³-hybridized carbons (Fsp3) is 0.304. The van der Waals surface area contributed by atoms with Crippen molar-refractivity contribution in [2.75, 3.05) is 5.75 Å². The van der Waals surface area contributed by atoms with Crippen LogP contribution in [0.1, 0.15) is 34.2 Å². The molecule has 1 aromatic heterocycles. The van der Waals surface area contributed by atoms with Gasteiger partial charge in [0.15, 0.2) is 0 Å². The van der Waals surface area contributed by atoms with E-state index in [4.69, 9.17) is 9.15 Å². The molecule has 28 heavy (non-hydrogen) atoms. The van der Waals surface area contributed by atoms with Crippen molar-refractivity contribution in [3.05, 3.63) is 74.6 Å². The summed E-state index contributed by atoms with van der Waals surface area (Å²) in [6, 6.07) is 11.6. The summed E-state index contributed by atoms with van der Waals surface area (Å²) in [6.45, 7) is 4.14. The number of fused-ring (bicyclic) bond motifs is 2. The van der Waals surface area contributed by atoms with Gasteiger partial charge in [-0.2, -0.15) is 0 Å². The van der Waals surface area contributed by atoms with E-state index in [0.717, 1.165) is 40.7 Å². The molecule has 0 bridgehead atoms.